The Morgan fingerprint density at radius 3 is 3.25 bits per heavy atom. The molecule has 0 aromatic carbocycles. The molecule has 0 aromatic rings. The van der Waals surface area contributed by atoms with Crippen LogP contribution < -0.4 is 0 Å². The van der Waals surface area contributed by atoms with E-state index in [1.54, 1.807) is 6.08 Å². The van der Waals surface area contributed by atoms with Gasteiger partial charge in [-0.2, -0.15) is 0 Å². The normalized spacial score (nSPS) is 15.2. The number of ether oxygens (including phenoxy) is 2. The molecule has 1 aliphatic heterocycles. The summed E-state index contributed by atoms with van der Waals surface area (Å²) >= 11 is 0. The highest BCUT2D eigenvalue weighted by Gasteiger charge is 1.98. The van der Waals surface area contributed by atoms with Crippen molar-refractivity contribution < 1.29 is 9.47 Å². The van der Waals surface area contributed by atoms with Crippen LogP contribution in [0.15, 0.2) is 30.4 Å². The molecule has 0 saturated heterocycles. The first-order valence-electron chi connectivity index (χ1n) is 2.24. The Morgan fingerprint density at radius 2 is 2.75 bits per heavy atom. The van der Waals surface area contributed by atoms with Gasteiger partial charge in [0.05, 0.1) is 0 Å². The Balaban J connectivity index is 2.57. The van der Waals surface area contributed by atoms with Crippen LogP contribution in [0.3, 0.4) is 0 Å². The Bertz CT molecular complexity index is 152. The first kappa shape index (κ1) is 5.01. The van der Waals surface area contributed by atoms with Crippen LogP contribution in [0.4, 0.5) is 0 Å². The largest absolute Gasteiger partial charge is 0.461 e. The van der Waals surface area contributed by atoms with E-state index in [0.29, 0.717) is 12.6 Å². The van der Waals surface area contributed by atoms with Crippen molar-refractivity contribution >= 4 is 0 Å². The zero-order valence-electron chi connectivity index (χ0n) is 4.39. The summed E-state index contributed by atoms with van der Waals surface area (Å²) in [5.41, 5.74) is 2.56. The summed E-state index contributed by atoms with van der Waals surface area (Å²) in [5, 5.41) is 0. The quantitative estimate of drug-likeness (QED) is 0.472. The maximum Gasteiger partial charge on any atom is 0.230 e. The second-order valence-electron chi connectivity index (χ2n) is 1.30. The Labute approximate surface area is 47.7 Å². The van der Waals surface area contributed by atoms with Gasteiger partial charge in [0.25, 0.3) is 0 Å². The summed E-state index contributed by atoms with van der Waals surface area (Å²) in [6.45, 7) is 3.68. The molecule has 1 heterocycles. The highest BCUT2D eigenvalue weighted by atomic mass is 16.7. The van der Waals surface area contributed by atoms with Gasteiger partial charge in [0, 0.05) is 6.08 Å². The summed E-state index contributed by atoms with van der Waals surface area (Å²) in [6, 6.07) is 0. The van der Waals surface area contributed by atoms with Gasteiger partial charge >= 0.3 is 0 Å². The van der Waals surface area contributed by atoms with Gasteiger partial charge < -0.3 is 9.47 Å². The average molecular weight is 110 g/mol. The van der Waals surface area contributed by atoms with Gasteiger partial charge in [0.15, 0.2) is 5.76 Å². The Kier molecular flexibility index (Phi) is 1.40. The molecule has 2 nitrogen and oxygen atoms in total. The molecule has 0 amide bonds. The molecule has 1 rings (SSSR count). The smallest absolute Gasteiger partial charge is 0.230 e. The number of rotatable bonds is 1. The van der Waals surface area contributed by atoms with Gasteiger partial charge in [-0.05, 0) is 0 Å². The van der Waals surface area contributed by atoms with Gasteiger partial charge in [-0.1, -0.05) is 6.58 Å². The number of hydrogen-bond acceptors (Lipinski definition) is 2. The van der Waals surface area contributed by atoms with E-state index in [0.717, 1.165) is 0 Å². The average Bonchev–Trinajstić information content (AvgIpc) is 2.19. The summed E-state index contributed by atoms with van der Waals surface area (Å²) < 4.78 is 9.60. The van der Waals surface area contributed by atoms with Crippen molar-refractivity contribution in [2.75, 3.05) is 6.79 Å². The molecule has 0 radical (unpaired) electrons. The van der Waals surface area contributed by atoms with E-state index >= 15 is 0 Å². The highest BCUT2D eigenvalue weighted by molar-refractivity contribution is 5.08. The van der Waals surface area contributed by atoms with E-state index in [1.165, 1.54) is 6.26 Å². The lowest BCUT2D eigenvalue weighted by atomic mass is 10.5. The first-order valence-corrected chi connectivity index (χ1v) is 2.24. The second-order valence-corrected chi connectivity index (χ2v) is 1.30. The van der Waals surface area contributed by atoms with Crippen molar-refractivity contribution in [1.29, 1.82) is 0 Å². The van der Waals surface area contributed by atoms with Crippen LogP contribution in [0.2, 0.25) is 0 Å². The van der Waals surface area contributed by atoms with E-state index in [4.69, 9.17) is 9.47 Å². The van der Waals surface area contributed by atoms with Crippen LogP contribution in [0.25, 0.3) is 0 Å². The van der Waals surface area contributed by atoms with Crippen LogP contribution in [0.1, 0.15) is 0 Å². The lowest BCUT2D eigenvalue weighted by Gasteiger charge is -1.88. The van der Waals surface area contributed by atoms with Crippen molar-refractivity contribution in [2.45, 2.75) is 0 Å². The molecular formula is C6H6O2. The molecule has 0 bridgehead atoms. The van der Waals surface area contributed by atoms with Crippen molar-refractivity contribution in [1.82, 2.24) is 0 Å². The molecule has 42 valence electrons. The van der Waals surface area contributed by atoms with Crippen molar-refractivity contribution in [3.8, 4) is 0 Å². The van der Waals surface area contributed by atoms with Crippen LogP contribution >= 0.6 is 0 Å². The zero-order valence-corrected chi connectivity index (χ0v) is 4.39. The molecule has 0 unspecified atom stereocenters. The minimum absolute atomic E-state index is 0.313. The monoisotopic (exact) mass is 110 g/mol. The standard InChI is InChI=1S/C6H6O2/c1-2-3-6-4-7-5-8-6/h3-4H,1,5H2. The van der Waals surface area contributed by atoms with E-state index in [1.807, 2.05) is 0 Å². The number of allylic oxidation sites excluding steroid dienone is 1. The molecule has 0 saturated carbocycles. The van der Waals surface area contributed by atoms with Gasteiger partial charge in [-0.25, -0.2) is 0 Å². The predicted octanol–water partition coefficient (Wildman–Crippen LogP) is 1.17. The first-order chi connectivity index (χ1) is 3.93. The fourth-order valence-corrected chi connectivity index (χ4v) is 0.429. The molecule has 0 atom stereocenters. The zero-order chi connectivity index (χ0) is 5.82. The topological polar surface area (TPSA) is 18.5 Å². The van der Waals surface area contributed by atoms with E-state index in [2.05, 4.69) is 12.3 Å². The van der Waals surface area contributed by atoms with E-state index in [-0.39, 0.29) is 0 Å². The molecule has 0 spiro atoms. The van der Waals surface area contributed by atoms with Gasteiger partial charge in [0.1, 0.15) is 6.26 Å². The molecule has 0 fully saturated rings. The summed E-state index contributed by atoms with van der Waals surface area (Å²) in [7, 11) is 0. The van der Waals surface area contributed by atoms with Crippen LogP contribution in [0, 0.1) is 0 Å². The highest BCUT2D eigenvalue weighted by Crippen LogP contribution is 2.05. The Morgan fingerprint density at radius 1 is 1.88 bits per heavy atom. The molecule has 2 heteroatoms. The third-order valence-corrected chi connectivity index (χ3v) is 0.737. The SMILES string of the molecule is C=C=CC1=COCO1. The Hall–Kier alpha value is -1.14. The van der Waals surface area contributed by atoms with Crippen LogP contribution in [-0.2, 0) is 9.47 Å². The van der Waals surface area contributed by atoms with Crippen molar-refractivity contribution in [3.05, 3.63) is 30.4 Å². The minimum Gasteiger partial charge on any atom is -0.461 e. The number of hydrogen-bond donors (Lipinski definition) is 0. The fourth-order valence-electron chi connectivity index (χ4n) is 0.429. The van der Waals surface area contributed by atoms with Crippen molar-refractivity contribution in [2.24, 2.45) is 0 Å². The third-order valence-electron chi connectivity index (χ3n) is 0.737. The third kappa shape index (κ3) is 0.922. The molecule has 0 aliphatic carbocycles. The molecule has 0 N–H and O–H groups in total. The molecule has 1 aliphatic rings. The lowest BCUT2D eigenvalue weighted by Crippen LogP contribution is -1.80. The van der Waals surface area contributed by atoms with Crippen molar-refractivity contribution in [3.63, 3.8) is 0 Å². The van der Waals surface area contributed by atoms with Gasteiger partial charge in [-0.3, -0.25) is 0 Å². The van der Waals surface area contributed by atoms with E-state index in [9.17, 15) is 0 Å². The van der Waals surface area contributed by atoms with Gasteiger partial charge in [0.2, 0.25) is 6.79 Å². The summed E-state index contributed by atoms with van der Waals surface area (Å²) in [6.07, 6.45) is 3.14. The maximum absolute atomic E-state index is 4.87. The predicted molar refractivity (Wildman–Crippen MR) is 28.8 cm³/mol. The van der Waals surface area contributed by atoms with E-state index < -0.39 is 0 Å². The fraction of sp³-hybridized carbons (Fsp3) is 0.167. The second kappa shape index (κ2) is 2.24. The van der Waals surface area contributed by atoms with Crippen LogP contribution in [-0.4, -0.2) is 6.79 Å². The minimum atomic E-state index is 0.313. The molecule has 8 heavy (non-hydrogen) atoms. The lowest BCUT2D eigenvalue weighted by molar-refractivity contribution is 0.0845. The molecular weight excluding hydrogens is 104 g/mol. The maximum atomic E-state index is 4.87. The summed E-state index contributed by atoms with van der Waals surface area (Å²) in [4.78, 5) is 0. The molecule has 0 aromatic heterocycles. The van der Waals surface area contributed by atoms with Gasteiger partial charge in [-0.15, -0.1) is 5.73 Å². The summed E-state index contributed by atoms with van der Waals surface area (Å²) in [5.74, 6) is 0.681. The van der Waals surface area contributed by atoms with Crippen LogP contribution in [0.5, 0.6) is 0 Å².